The topological polar surface area (TPSA) is 16.1 Å². The van der Waals surface area contributed by atoms with Gasteiger partial charge in [-0.15, -0.1) is 11.3 Å². The van der Waals surface area contributed by atoms with Crippen LogP contribution in [-0.2, 0) is 0 Å². The lowest BCUT2D eigenvalue weighted by atomic mass is 10.0. The van der Waals surface area contributed by atoms with Gasteiger partial charge in [-0.1, -0.05) is 18.2 Å². The smallest absolute Gasteiger partial charge is 0.150 e. The minimum absolute atomic E-state index is 0.808. The molecule has 16 heavy (non-hydrogen) atoms. The minimum Gasteiger partial charge on any atom is -0.303 e. The van der Waals surface area contributed by atoms with Crippen molar-refractivity contribution in [3.8, 4) is 0 Å². The molecule has 0 unspecified atom stereocenters. The second-order valence-electron chi connectivity index (χ2n) is 4.52. The fraction of sp³-hybridized carbons (Fsp3) is 0.750. The van der Waals surface area contributed by atoms with E-state index in [2.05, 4.69) is 29.2 Å². The Balaban J connectivity index is 1.71. The summed E-state index contributed by atoms with van der Waals surface area (Å²) >= 11 is 3.69. The molecule has 0 radical (unpaired) electrons. The number of rotatable bonds is 4. The van der Waals surface area contributed by atoms with Crippen LogP contribution in [0.15, 0.2) is 9.72 Å². The molecule has 0 bridgehead atoms. The highest BCUT2D eigenvalue weighted by atomic mass is 32.2. The van der Waals surface area contributed by atoms with Crippen LogP contribution in [0.3, 0.4) is 0 Å². The van der Waals surface area contributed by atoms with E-state index < -0.39 is 0 Å². The van der Waals surface area contributed by atoms with Gasteiger partial charge in [0.05, 0.1) is 0 Å². The van der Waals surface area contributed by atoms with Gasteiger partial charge in [-0.3, -0.25) is 0 Å². The van der Waals surface area contributed by atoms with E-state index in [1.807, 2.05) is 11.8 Å². The molecule has 0 saturated carbocycles. The number of aromatic nitrogens is 1. The number of thioether (sulfide) groups is 1. The molecule has 2 rings (SSSR count). The molecule has 2 nitrogen and oxygen atoms in total. The van der Waals surface area contributed by atoms with Crippen LogP contribution >= 0.6 is 23.1 Å². The van der Waals surface area contributed by atoms with Crippen molar-refractivity contribution in [1.82, 2.24) is 9.88 Å². The van der Waals surface area contributed by atoms with Crippen LogP contribution in [0.25, 0.3) is 0 Å². The molecule has 1 aliphatic heterocycles. The van der Waals surface area contributed by atoms with E-state index in [0.29, 0.717) is 0 Å². The van der Waals surface area contributed by atoms with Crippen LogP contribution in [0, 0.1) is 6.92 Å². The molecule has 0 N–H and O–H groups in total. The summed E-state index contributed by atoms with van der Waals surface area (Å²) in [5.41, 5.74) is 1.15. The summed E-state index contributed by atoms with van der Waals surface area (Å²) in [4.78, 5) is 7.01. The summed E-state index contributed by atoms with van der Waals surface area (Å²) in [6.07, 6.45) is 5.48. The Morgan fingerprint density at radius 1 is 1.56 bits per heavy atom. The third-order valence-corrected chi connectivity index (χ3v) is 5.37. The molecule has 2 heterocycles. The Hall–Kier alpha value is -0.0600. The number of hydrogen-bond acceptors (Lipinski definition) is 4. The number of likely N-dealkylation sites (tertiary alicyclic amines) is 1. The van der Waals surface area contributed by atoms with Gasteiger partial charge in [-0.05, 0) is 39.8 Å². The van der Waals surface area contributed by atoms with Crippen molar-refractivity contribution in [2.75, 3.05) is 19.3 Å². The summed E-state index contributed by atoms with van der Waals surface area (Å²) in [6.45, 7) is 3.35. The molecular weight excluding hydrogens is 236 g/mol. The molecule has 1 fully saturated rings. The van der Waals surface area contributed by atoms with E-state index in [9.17, 15) is 0 Å². The van der Waals surface area contributed by atoms with Crippen LogP contribution in [0.5, 0.6) is 0 Å². The number of nitrogens with zero attached hydrogens (tertiary/aromatic N) is 2. The normalized spacial score (nSPS) is 22.5. The predicted molar refractivity (Wildman–Crippen MR) is 72.5 cm³/mol. The molecule has 1 saturated heterocycles. The zero-order chi connectivity index (χ0) is 11.4. The van der Waals surface area contributed by atoms with Crippen molar-refractivity contribution in [1.29, 1.82) is 0 Å². The lowest BCUT2D eigenvalue weighted by Crippen LogP contribution is -2.36. The van der Waals surface area contributed by atoms with E-state index in [4.69, 9.17) is 0 Å². The fourth-order valence-corrected chi connectivity index (χ4v) is 4.15. The van der Waals surface area contributed by atoms with Crippen LogP contribution in [0.4, 0.5) is 0 Å². The first-order valence-electron chi connectivity index (χ1n) is 6.01. The van der Waals surface area contributed by atoms with Crippen molar-refractivity contribution in [2.24, 2.45) is 0 Å². The molecule has 1 aromatic rings. The van der Waals surface area contributed by atoms with Gasteiger partial charge in [0.1, 0.15) is 4.34 Å². The minimum atomic E-state index is 0.808. The number of hydrogen-bond donors (Lipinski definition) is 0. The van der Waals surface area contributed by atoms with Gasteiger partial charge in [-0.25, -0.2) is 4.98 Å². The van der Waals surface area contributed by atoms with Crippen molar-refractivity contribution in [3.05, 3.63) is 11.1 Å². The summed E-state index contributed by atoms with van der Waals surface area (Å²) in [7, 11) is 2.27. The molecule has 4 heteroatoms. The molecular formula is C12H20N2S2. The van der Waals surface area contributed by atoms with Gasteiger partial charge >= 0.3 is 0 Å². The predicted octanol–water partition coefficient (Wildman–Crippen LogP) is 3.42. The standard InChI is InChI=1S/C12H20N2S2/c1-10-9-16-12(13-10)15-8-6-11-5-3-4-7-14(11)2/h9,11H,3-8H2,1-2H3/t11-/m1/s1. The SMILES string of the molecule is Cc1csc(SCC[C@H]2CCCCN2C)n1. The van der Waals surface area contributed by atoms with Gasteiger partial charge in [0.25, 0.3) is 0 Å². The summed E-state index contributed by atoms with van der Waals surface area (Å²) in [5, 5.41) is 2.13. The van der Waals surface area contributed by atoms with Crippen molar-refractivity contribution in [3.63, 3.8) is 0 Å². The third-order valence-electron chi connectivity index (χ3n) is 3.20. The molecule has 1 aliphatic rings. The van der Waals surface area contributed by atoms with Crippen molar-refractivity contribution < 1.29 is 0 Å². The van der Waals surface area contributed by atoms with Gasteiger partial charge in [0, 0.05) is 22.9 Å². The fourth-order valence-electron chi connectivity index (χ4n) is 2.19. The highest BCUT2D eigenvalue weighted by Crippen LogP contribution is 2.25. The summed E-state index contributed by atoms with van der Waals surface area (Å²) in [6, 6.07) is 0.808. The first-order valence-corrected chi connectivity index (χ1v) is 7.87. The van der Waals surface area contributed by atoms with Gasteiger partial charge < -0.3 is 4.90 Å². The Morgan fingerprint density at radius 2 is 2.44 bits per heavy atom. The first-order chi connectivity index (χ1) is 7.75. The van der Waals surface area contributed by atoms with E-state index in [0.717, 1.165) is 11.7 Å². The lowest BCUT2D eigenvalue weighted by Gasteiger charge is -2.32. The quantitative estimate of drug-likeness (QED) is 0.768. The Labute approximate surface area is 106 Å². The first kappa shape index (κ1) is 12.4. The maximum atomic E-state index is 4.48. The molecule has 1 aromatic heterocycles. The molecule has 0 aromatic carbocycles. The molecule has 0 aliphatic carbocycles. The summed E-state index contributed by atoms with van der Waals surface area (Å²) in [5.74, 6) is 1.21. The lowest BCUT2D eigenvalue weighted by molar-refractivity contribution is 0.182. The summed E-state index contributed by atoms with van der Waals surface area (Å²) < 4.78 is 1.23. The van der Waals surface area contributed by atoms with Crippen LogP contribution < -0.4 is 0 Å². The van der Waals surface area contributed by atoms with E-state index in [1.165, 1.54) is 42.3 Å². The Kier molecular flexibility index (Phi) is 4.67. The number of thiazole rings is 1. The van der Waals surface area contributed by atoms with Crippen molar-refractivity contribution >= 4 is 23.1 Å². The average Bonchev–Trinajstić information content (AvgIpc) is 2.67. The van der Waals surface area contributed by atoms with E-state index >= 15 is 0 Å². The zero-order valence-corrected chi connectivity index (χ0v) is 11.7. The van der Waals surface area contributed by atoms with Gasteiger partial charge in [-0.2, -0.15) is 0 Å². The van der Waals surface area contributed by atoms with Gasteiger partial charge in [0.15, 0.2) is 0 Å². The maximum Gasteiger partial charge on any atom is 0.150 e. The molecule has 0 spiro atoms. The van der Waals surface area contributed by atoms with Crippen LogP contribution in [0.2, 0.25) is 0 Å². The van der Waals surface area contributed by atoms with E-state index in [-0.39, 0.29) is 0 Å². The number of piperidine rings is 1. The molecule has 0 amide bonds. The van der Waals surface area contributed by atoms with Crippen LogP contribution in [-0.4, -0.2) is 35.3 Å². The second kappa shape index (κ2) is 6.03. The highest BCUT2D eigenvalue weighted by molar-refractivity contribution is 8.01. The maximum absolute atomic E-state index is 4.48. The highest BCUT2D eigenvalue weighted by Gasteiger charge is 2.18. The second-order valence-corrected chi connectivity index (χ2v) is 6.72. The Bertz CT molecular complexity index is 325. The van der Waals surface area contributed by atoms with E-state index in [1.54, 1.807) is 11.3 Å². The van der Waals surface area contributed by atoms with Crippen LogP contribution in [0.1, 0.15) is 31.4 Å². The van der Waals surface area contributed by atoms with Crippen molar-refractivity contribution in [2.45, 2.75) is 43.0 Å². The monoisotopic (exact) mass is 256 g/mol. The molecule has 1 atom stereocenters. The zero-order valence-electron chi connectivity index (χ0n) is 10.1. The number of aryl methyl sites for hydroxylation is 1. The van der Waals surface area contributed by atoms with Gasteiger partial charge in [0.2, 0.25) is 0 Å². The largest absolute Gasteiger partial charge is 0.303 e. The third kappa shape index (κ3) is 3.47. The Morgan fingerprint density at radius 3 is 3.12 bits per heavy atom. The molecule has 90 valence electrons. The average molecular weight is 256 g/mol.